The van der Waals surface area contributed by atoms with Gasteiger partial charge >= 0.3 is 0 Å². The van der Waals surface area contributed by atoms with Crippen molar-refractivity contribution in [2.75, 3.05) is 26.8 Å². The van der Waals surface area contributed by atoms with Gasteiger partial charge in [-0.2, -0.15) is 0 Å². The van der Waals surface area contributed by atoms with Crippen LogP contribution in [0.25, 0.3) is 0 Å². The van der Waals surface area contributed by atoms with Crippen molar-refractivity contribution in [3.8, 4) is 0 Å². The predicted molar refractivity (Wildman–Crippen MR) is 89.2 cm³/mol. The van der Waals surface area contributed by atoms with E-state index in [1.165, 1.54) is 6.33 Å². The van der Waals surface area contributed by atoms with E-state index in [-0.39, 0.29) is 17.9 Å². The number of carbonyl (C=O) groups excluding carboxylic acids is 2. The molecular weight excluding hydrogens is 324 g/mol. The van der Waals surface area contributed by atoms with Crippen molar-refractivity contribution in [3.05, 3.63) is 35.4 Å². The molecule has 0 saturated carbocycles. The average molecular weight is 346 g/mol. The third kappa shape index (κ3) is 3.27. The zero-order valence-electron chi connectivity index (χ0n) is 14.6. The molecule has 2 aromatic heterocycles. The van der Waals surface area contributed by atoms with Gasteiger partial charge < -0.3 is 24.5 Å². The van der Waals surface area contributed by atoms with Crippen LogP contribution in [-0.4, -0.2) is 63.0 Å². The Bertz CT molecular complexity index is 781. The van der Waals surface area contributed by atoms with Gasteiger partial charge in [-0.15, -0.1) is 0 Å². The second-order valence-corrected chi connectivity index (χ2v) is 5.98. The number of rotatable bonds is 5. The SMILES string of the molecule is COCCNC(=O)c1cn2c(n1)[C@H](C)N(C(=O)c1nc[nH]c1C)CC2. The Hall–Kier alpha value is -2.68. The summed E-state index contributed by atoms with van der Waals surface area (Å²) in [7, 11) is 1.58. The van der Waals surface area contributed by atoms with Gasteiger partial charge in [0.05, 0.1) is 19.0 Å². The molecule has 1 atom stereocenters. The molecule has 0 radical (unpaired) electrons. The quantitative estimate of drug-likeness (QED) is 0.768. The maximum atomic E-state index is 12.7. The van der Waals surface area contributed by atoms with E-state index >= 15 is 0 Å². The van der Waals surface area contributed by atoms with Crippen molar-refractivity contribution < 1.29 is 14.3 Å². The first-order valence-corrected chi connectivity index (χ1v) is 8.18. The lowest BCUT2D eigenvalue weighted by molar-refractivity contribution is 0.0631. The Balaban J connectivity index is 1.76. The highest BCUT2D eigenvalue weighted by atomic mass is 16.5. The summed E-state index contributed by atoms with van der Waals surface area (Å²) < 4.78 is 6.85. The number of carbonyl (C=O) groups is 2. The third-order valence-electron chi connectivity index (χ3n) is 4.35. The van der Waals surface area contributed by atoms with Crippen LogP contribution in [0.3, 0.4) is 0 Å². The number of nitrogens with one attached hydrogen (secondary N) is 2. The molecule has 3 rings (SSSR count). The zero-order valence-corrected chi connectivity index (χ0v) is 14.6. The highest BCUT2D eigenvalue weighted by molar-refractivity contribution is 5.94. The molecule has 25 heavy (non-hydrogen) atoms. The molecule has 1 aliphatic rings. The van der Waals surface area contributed by atoms with E-state index in [2.05, 4.69) is 20.3 Å². The molecule has 9 nitrogen and oxygen atoms in total. The third-order valence-corrected chi connectivity index (χ3v) is 4.35. The smallest absolute Gasteiger partial charge is 0.274 e. The highest BCUT2D eigenvalue weighted by Gasteiger charge is 2.32. The Morgan fingerprint density at radius 1 is 1.44 bits per heavy atom. The van der Waals surface area contributed by atoms with Crippen LogP contribution in [0, 0.1) is 6.92 Å². The largest absolute Gasteiger partial charge is 0.383 e. The molecular formula is C16H22N6O3. The highest BCUT2D eigenvalue weighted by Crippen LogP contribution is 2.26. The summed E-state index contributed by atoms with van der Waals surface area (Å²) in [6.45, 7) is 5.73. The van der Waals surface area contributed by atoms with Crippen molar-refractivity contribution in [2.45, 2.75) is 26.4 Å². The first-order valence-electron chi connectivity index (χ1n) is 8.18. The van der Waals surface area contributed by atoms with Crippen molar-refractivity contribution >= 4 is 11.8 Å². The molecule has 0 unspecified atom stereocenters. The topological polar surface area (TPSA) is 105 Å². The summed E-state index contributed by atoms with van der Waals surface area (Å²) in [5.41, 5.74) is 1.51. The van der Waals surface area contributed by atoms with E-state index in [4.69, 9.17) is 4.74 Å². The monoisotopic (exact) mass is 346 g/mol. The number of imidazole rings is 2. The van der Waals surface area contributed by atoms with E-state index in [1.54, 1.807) is 18.2 Å². The maximum absolute atomic E-state index is 12.7. The molecule has 134 valence electrons. The number of amides is 2. The molecule has 0 aliphatic carbocycles. The zero-order chi connectivity index (χ0) is 18.0. The van der Waals surface area contributed by atoms with E-state index in [1.807, 2.05) is 18.4 Å². The number of hydrogen-bond acceptors (Lipinski definition) is 5. The summed E-state index contributed by atoms with van der Waals surface area (Å²) in [4.78, 5) is 38.1. The molecule has 0 aromatic carbocycles. The van der Waals surface area contributed by atoms with Gasteiger partial charge in [0.2, 0.25) is 0 Å². The summed E-state index contributed by atoms with van der Waals surface area (Å²) >= 11 is 0. The summed E-state index contributed by atoms with van der Waals surface area (Å²) in [5, 5.41) is 2.75. The van der Waals surface area contributed by atoms with Gasteiger partial charge in [0, 0.05) is 38.6 Å². The molecule has 3 heterocycles. The van der Waals surface area contributed by atoms with E-state index < -0.39 is 0 Å². The van der Waals surface area contributed by atoms with E-state index in [9.17, 15) is 9.59 Å². The van der Waals surface area contributed by atoms with Crippen LogP contribution >= 0.6 is 0 Å². The van der Waals surface area contributed by atoms with Gasteiger partial charge in [-0.3, -0.25) is 9.59 Å². The summed E-state index contributed by atoms with van der Waals surface area (Å²) in [5.74, 6) is 0.323. The van der Waals surface area contributed by atoms with Gasteiger partial charge in [0.1, 0.15) is 17.2 Å². The van der Waals surface area contributed by atoms with Gasteiger partial charge in [-0.1, -0.05) is 0 Å². The van der Waals surface area contributed by atoms with Crippen LogP contribution in [-0.2, 0) is 11.3 Å². The van der Waals surface area contributed by atoms with Gasteiger partial charge in [0.25, 0.3) is 11.8 Å². The Kier molecular flexibility index (Phi) is 4.84. The van der Waals surface area contributed by atoms with Crippen LogP contribution in [0.5, 0.6) is 0 Å². The molecule has 0 bridgehead atoms. The molecule has 1 aliphatic heterocycles. The number of H-pyrrole nitrogens is 1. The Labute approximate surface area is 145 Å². The second kappa shape index (κ2) is 7.06. The molecule has 0 saturated heterocycles. The standard InChI is InChI=1S/C16H22N6O3/c1-10-13(19-9-18-10)16(24)22-6-5-21-8-12(20-14(21)11(22)2)15(23)17-4-7-25-3/h8-9,11H,4-7H2,1-3H3,(H,17,23)(H,18,19)/t11-/m0/s1. The fourth-order valence-electron chi connectivity index (χ4n) is 2.95. The summed E-state index contributed by atoms with van der Waals surface area (Å²) in [6, 6.07) is -0.238. The maximum Gasteiger partial charge on any atom is 0.274 e. The fourth-order valence-corrected chi connectivity index (χ4v) is 2.95. The second-order valence-electron chi connectivity index (χ2n) is 5.98. The molecule has 2 amide bonds. The van der Waals surface area contributed by atoms with Crippen LogP contribution in [0.15, 0.2) is 12.5 Å². The minimum atomic E-state index is -0.243. The minimum absolute atomic E-state index is 0.133. The minimum Gasteiger partial charge on any atom is -0.383 e. The Morgan fingerprint density at radius 2 is 2.24 bits per heavy atom. The number of methoxy groups -OCH3 is 1. The fraction of sp³-hybridized carbons (Fsp3) is 0.500. The predicted octanol–water partition coefficient (Wildman–Crippen LogP) is 0.508. The lowest BCUT2D eigenvalue weighted by Crippen LogP contribution is -2.41. The van der Waals surface area contributed by atoms with Crippen LogP contribution < -0.4 is 5.32 Å². The first kappa shape index (κ1) is 17.2. The molecule has 9 heteroatoms. The lowest BCUT2D eigenvalue weighted by Gasteiger charge is -2.33. The number of nitrogens with zero attached hydrogens (tertiary/aromatic N) is 4. The lowest BCUT2D eigenvalue weighted by atomic mass is 10.2. The van der Waals surface area contributed by atoms with Gasteiger partial charge in [-0.05, 0) is 13.8 Å². The van der Waals surface area contributed by atoms with Crippen molar-refractivity contribution in [3.63, 3.8) is 0 Å². The molecule has 2 aromatic rings. The molecule has 0 spiro atoms. The number of ether oxygens (including phenoxy) is 1. The van der Waals surface area contributed by atoms with E-state index in [0.717, 1.165) is 5.69 Å². The van der Waals surface area contributed by atoms with E-state index in [0.29, 0.717) is 43.5 Å². The van der Waals surface area contributed by atoms with Gasteiger partial charge in [-0.25, -0.2) is 9.97 Å². The van der Waals surface area contributed by atoms with Crippen LogP contribution in [0.4, 0.5) is 0 Å². The van der Waals surface area contributed by atoms with Gasteiger partial charge in [0.15, 0.2) is 0 Å². The molecule has 0 fully saturated rings. The van der Waals surface area contributed by atoms with Crippen molar-refractivity contribution in [2.24, 2.45) is 0 Å². The molecule has 2 N–H and O–H groups in total. The number of hydrogen-bond donors (Lipinski definition) is 2. The van der Waals surface area contributed by atoms with Crippen LogP contribution in [0.1, 0.15) is 45.5 Å². The normalized spacial score (nSPS) is 16.6. The van der Waals surface area contributed by atoms with Crippen molar-refractivity contribution in [1.82, 2.24) is 29.7 Å². The average Bonchev–Trinajstić information content (AvgIpc) is 3.21. The number of aromatic nitrogens is 4. The first-order chi connectivity index (χ1) is 12.0. The number of fused-ring (bicyclic) bond motifs is 1. The Morgan fingerprint density at radius 3 is 2.92 bits per heavy atom. The number of aryl methyl sites for hydroxylation is 1. The summed E-state index contributed by atoms with van der Waals surface area (Å²) in [6.07, 6.45) is 3.25. The van der Waals surface area contributed by atoms with Crippen LogP contribution in [0.2, 0.25) is 0 Å². The number of aromatic amines is 1. The van der Waals surface area contributed by atoms with Crippen molar-refractivity contribution in [1.29, 1.82) is 0 Å².